The summed E-state index contributed by atoms with van der Waals surface area (Å²) < 4.78 is 5.44. The first kappa shape index (κ1) is 26.6. The van der Waals surface area contributed by atoms with Crippen LogP contribution in [0.4, 0.5) is 0 Å². The van der Waals surface area contributed by atoms with Gasteiger partial charge in [0.1, 0.15) is 6.61 Å². The van der Waals surface area contributed by atoms with Crippen LogP contribution in [0.15, 0.2) is 59.6 Å². The van der Waals surface area contributed by atoms with Crippen molar-refractivity contribution in [3.8, 4) is 0 Å². The summed E-state index contributed by atoms with van der Waals surface area (Å²) in [6.07, 6.45) is 2.42. The minimum atomic E-state index is -0.350. The zero-order chi connectivity index (χ0) is 22.8. The van der Waals surface area contributed by atoms with Gasteiger partial charge >= 0.3 is 5.97 Å². The fourth-order valence-corrected chi connectivity index (χ4v) is 3.90. The highest BCUT2D eigenvalue weighted by molar-refractivity contribution is 14.0. The molecular formula is C25H33IN4O3. The lowest BCUT2D eigenvalue weighted by Crippen LogP contribution is -2.47. The largest absolute Gasteiger partial charge is 0.457 e. The molecule has 1 saturated heterocycles. The van der Waals surface area contributed by atoms with E-state index in [1.54, 1.807) is 6.07 Å². The minimum Gasteiger partial charge on any atom is -0.457 e. The van der Waals surface area contributed by atoms with Crippen LogP contribution >= 0.6 is 24.0 Å². The number of carbonyl (C=O) groups excluding carboxylic acids is 2. The predicted molar refractivity (Wildman–Crippen MR) is 140 cm³/mol. The van der Waals surface area contributed by atoms with Crippen molar-refractivity contribution < 1.29 is 14.3 Å². The summed E-state index contributed by atoms with van der Waals surface area (Å²) >= 11 is 0. The van der Waals surface area contributed by atoms with Crippen molar-refractivity contribution in [1.29, 1.82) is 0 Å². The van der Waals surface area contributed by atoms with Gasteiger partial charge in [-0.2, -0.15) is 0 Å². The Hall–Kier alpha value is -2.62. The summed E-state index contributed by atoms with van der Waals surface area (Å²) in [4.78, 5) is 30.8. The van der Waals surface area contributed by atoms with Crippen molar-refractivity contribution in [3.63, 3.8) is 0 Å². The molecule has 1 atom stereocenters. The highest BCUT2D eigenvalue weighted by Gasteiger charge is 2.23. The fraction of sp³-hybridized carbons (Fsp3) is 0.400. The Balaban J connectivity index is 0.00000385. The van der Waals surface area contributed by atoms with Crippen molar-refractivity contribution in [2.75, 3.05) is 19.6 Å². The molecule has 1 amide bonds. The van der Waals surface area contributed by atoms with E-state index in [2.05, 4.69) is 10.2 Å². The number of rotatable bonds is 8. The molecule has 0 radical (unpaired) electrons. The number of benzene rings is 2. The monoisotopic (exact) mass is 564 g/mol. The molecule has 0 bridgehead atoms. The number of likely N-dealkylation sites (tertiary alicyclic amines) is 1. The number of aliphatic imine (C=N–C) groups is 1. The standard InChI is InChI=1S/C25H32N4O3.HI/c1-2-27-25(29-13-7-11-21(17-29)15-23(26)30)28-16-20-10-6-12-22(14-20)24(31)32-18-19-8-4-3-5-9-19;/h3-6,8-10,12,14,21H,2,7,11,13,15-18H2,1H3,(H2,26,30)(H,27,28);1H. The molecule has 1 fully saturated rings. The van der Waals surface area contributed by atoms with Gasteiger partial charge < -0.3 is 20.7 Å². The third-order valence-electron chi connectivity index (χ3n) is 5.43. The maximum Gasteiger partial charge on any atom is 0.338 e. The number of nitrogens with one attached hydrogen (secondary N) is 1. The van der Waals surface area contributed by atoms with E-state index >= 15 is 0 Å². The van der Waals surface area contributed by atoms with E-state index in [4.69, 9.17) is 15.5 Å². The molecule has 0 saturated carbocycles. The molecule has 2 aromatic carbocycles. The molecule has 2 aromatic rings. The molecule has 8 heteroatoms. The lowest BCUT2D eigenvalue weighted by Gasteiger charge is -2.34. The number of hydrogen-bond acceptors (Lipinski definition) is 4. The third kappa shape index (κ3) is 8.68. The van der Waals surface area contributed by atoms with E-state index in [1.807, 2.05) is 55.5 Å². The molecule has 33 heavy (non-hydrogen) atoms. The Morgan fingerprint density at radius 2 is 1.91 bits per heavy atom. The van der Waals surface area contributed by atoms with Crippen molar-refractivity contribution in [1.82, 2.24) is 10.2 Å². The van der Waals surface area contributed by atoms with E-state index in [-0.39, 0.29) is 48.4 Å². The van der Waals surface area contributed by atoms with E-state index in [0.29, 0.717) is 18.5 Å². The summed E-state index contributed by atoms with van der Waals surface area (Å²) in [5, 5.41) is 3.34. The molecule has 1 aliphatic heterocycles. The molecule has 7 nitrogen and oxygen atoms in total. The first-order chi connectivity index (χ1) is 15.5. The molecule has 3 rings (SSSR count). The predicted octanol–water partition coefficient (Wildman–Crippen LogP) is 3.71. The lowest BCUT2D eigenvalue weighted by molar-refractivity contribution is -0.119. The Morgan fingerprint density at radius 3 is 2.64 bits per heavy atom. The number of halogens is 1. The van der Waals surface area contributed by atoms with Crippen molar-refractivity contribution >= 4 is 41.8 Å². The van der Waals surface area contributed by atoms with E-state index in [1.165, 1.54) is 0 Å². The summed E-state index contributed by atoms with van der Waals surface area (Å²) in [5.74, 6) is 0.471. The quantitative estimate of drug-likeness (QED) is 0.221. The second-order valence-electron chi connectivity index (χ2n) is 8.06. The average molecular weight is 564 g/mol. The summed E-state index contributed by atoms with van der Waals surface area (Å²) in [6, 6.07) is 17.0. The van der Waals surface area contributed by atoms with Crippen LogP contribution in [0.3, 0.4) is 0 Å². The van der Waals surface area contributed by atoms with Crippen LogP contribution < -0.4 is 11.1 Å². The maximum absolute atomic E-state index is 12.5. The van der Waals surface area contributed by atoms with Crippen LogP contribution in [0.25, 0.3) is 0 Å². The fourth-order valence-electron chi connectivity index (χ4n) is 3.90. The maximum atomic E-state index is 12.5. The van der Waals surface area contributed by atoms with E-state index in [9.17, 15) is 9.59 Å². The minimum absolute atomic E-state index is 0. The molecular weight excluding hydrogens is 531 g/mol. The summed E-state index contributed by atoms with van der Waals surface area (Å²) in [5.41, 5.74) is 7.79. The molecule has 178 valence electrons. The lowest BCUT2D eigenvalue weighted by atomic mass is 9.95. The second-order valence-corrected chi connectivity index (χ2v) is 8.06. The Labute approximate surface area is 212 Å². The Bertz CT molecular complexity index is 936. The van der Waals surface area contributed by atoms with Gasteiger partial charge in [-0.15, -0.1) is 24.0 Å². The first-order valence-corrected chi connectivity index (χ1v) is 11.2. The van der Waals surface area contributed by atoms with E-state index < -0.39 is 0 Å². The SMILES string of the molecule is CCNC(=NCc1cccc(C(=O)OCc2ccccc2)c1)N1CCCC(CC(N)=O)C1.I. The summed E-state index contributed by atoms with van der Waals surface area (Å²) in [6.45, 7) is 5.13. The van der Waals surface area contributed by atoms with Gasteiger partial charge in [0, 0.05) is 26.1 Å². The molecule has 3 N–H and O–H groups in total. The average Bonchev–Trinajstić information content (AvgIpc) is 2.81. The number of nitrogens with two attached hydrogens (primary N) is 1. The van der Waals surface area contributed by atoms with Gasteiger partial charge in [-0.25, -0.2) is 9.79 Å². The highest BCUT2D eigenvalue weighted by atomic mass is 127. The Morgan fingerprint density at radius 1 is 1.15 bits per heavy atom. The number of amides is 1. The molecule has 0 spiro atoms. The van der Waals surface area contributed by atoms with Crippen LogP contribution in [0, 0.1) is 5.92 Å². The Kier molecular flexibility index (Phi) is 11.2. The van der Waals surface area contributed by atoms with Gasteiger partial charge in [0.25, 0.3) is 0 Å². The third-order valence-corrected chi connectivity index (χ3v) is 5.43. The van der Waals surface area contributed by atoms with Crippen LogP contribution in [-0.2, 0) is 22.7 Å². The second kappa shape index (κ2) is 13.8. The molecule has 1 aliphatic rings. The zero-order valence-electron chi connectivity index (χ0n) is 19.0. The molecule has 0 aromatic heterocycles. The number of ether oxygens (including phenoxy) is 1. The number of guanidine groups is 1. The van der Waals surface area contributed by atoms with Crippen LogP contribution in [-0.4, -0.2) is 42.4 Å². The normalized spacial score (nSPS) is 16.0. The van der Waals surface area contributed by atoms with Gasteiger partial charge in [0.2, 0.25) is 5.91 Å². The van der Waals surface area contributed by atoms with Gasteiger partial charge in [-0.3, -0.25) is 4.79 Å². The molecule has 1 heterocycles. The van der Waals surface area contributed by atoms with Gasteiger partial charge in [0.15, 0.2) is 5.96 Å². The molecule has 0 aliphatic carbocycles. The summed E-state index contributed by atoms with van der Waals surface area (Å²) in [7, 11) is 0. The number of primary amides is 1. The number of esters is 1. The number of nitrogens with zero attached hydrogens (tertiary/aromatic N) is 2. The number of piperidine rings is 1. The first-order valence-electron chi connectivity index (χ1n) is 11.2. The van der Waals surface area contributed by atoms with Gasteiger partial charge in [0.05, 0.1) is 12.1 Å². The number of hydrogen-bond donors (Lipinski definition) is 2. The van der Waals surface area contributed by atoms with Gasteiger partial charge in [-0.05, 0) is 48.9 Å². The molecule has 1 unspecified atom stereocenters. The van der Waals surface area contributed by atoms with Crippen molar-refractivity contribution in [2.45, 2.75) is 39.3 Å². The van der Waals surface area contributed by atoms with Gasteiger partial charge in [-0.1, -0.05) is 42.5 Å². The van der Waals surface area contributed by atoms with Crippen LogP contribution in [0.1, 0.15) is 47.7 Å². The highest BCUT2D eigenvalue weighted by Crippen LogP contribution is 2.19. The van der Waals surface area contributed by atoms with Crippen LogP contribution in [0.2, 0.25) is 0 Å². The topological polar surface area (TPSA) is 97.0 Å². The smallest absolute Gasteiger partial charge is 0.338 e. The number of carbonyl (C=O) groups is 2. The van der Waals surface area contributed by atoms with E-state index in [0.717, 1.165) is 49.6 Å². The zero-order valence-corrected chi connectivity index (χ0v) is 21.4. The van der Waals surface area contributed by atoms with Crippen molar-refractivity contribution in [3.05, 3.63) is 71.3 Å². The van der Waals surface area contributed by atoms with Crippen LogP contribution in [0.5, 0.6) is 0 Å². The van der Waals surface area contributed by atoms with Crippen molar-refractivity contribution in [2.24, 2.45) is 16.6 Å².